The number of carbonyl (C=O) groups is 1. The standard InChI is InChI=1S/C22H29ClFN5O/c1-29(2)22(30)20-18(26)8-7-15(21(20)24)16-12-28-19(9-17(16)23)27-11-14-5-3-13(10-25)4-6-14/h7-9,12-14H,3-6,10-11,25-26H2,1-2H3,(H,27,28). The van der Waals surface area contributed by atoms with Crippen molar-refractivity contribution in [3.05, 3.63) is 40.8 Å². The van der Waals surface area contributed by atoms with Crippen LogP contribution in [0.4, 0.5) is 15.9 Å². The van der Waals surface area contributed by atoms with Crippen LogP contribution in [0.5, 0.6) is 0 Å². The minimum absolute atomic E-state index is 0.0849. The third-order valence-corrected chi connectivity index (χ3v) is 6.12. The fourth-order valence-corrected chi connectivity index (χ4v) is 4.14. The maximum absolute atomic E-state index is 15.1. The molecule has 0 aliphatic heterocycles. The molecule has 1 aromatic carbocycles. The summed E-state index contributed by atoms with van der Waals surface area (Å²) in [6.45, 7) is 1.58. The number of rotatable bonds is 6. The Morgan fingerprint density at radius 3 is 2.50 bits per heavy atom. The second-order valence-electron chi connectivity index (χ2n) is 8.14. The van der Waals surface area contributed by atoms with Crippen molar-refractivity contribution in [2.75, 3.05) is 38.2 Å². The van der Waals surface area contributed by atoms with Crippen LogP contribution in [0.1, 0.15) is 36.0 Å². The van der Waals surface area contributed by atoms with Crippen LogP contribution in [0.25, 0.3) is 11.1 Å². The molecule has 3 rings (SSSR count). The molecule has 162 valence electrons. The summed E-state index contributed by atoms with van der Waals surface area (Å²) in [5.41, 5.74) is 12.1. The number of benzene rings is 1. The predicted octanol–water partition coefficient (Wildman–Crippen LogP) is 4.00. The summed E-state index contributed by atoms with van der Waals surface area (Å²) in [5.74, 6) is 0.674. The Hall–Kier alpha value is -2.38. The van der Waals surface area contributed by atoms with Gasteiger partial charge >= 0.3 is 0 Å². The lowest BCUT2D eigenvalue weighted by Gasteiger charge is -2.27. The molecule has 5 N–H and O–H groups in total. The Morgan fingerprint density at radius 1 is 1.23 bits per heavy atom. The summed E-state index contributed by atoms with van der Waals surface area (Å²) in [5, 5.41) is 3.69. The Balaban J connectivity index is 1.76. The zero-order chi connectivity index (χ0) is 21.8. The number of nitrogens with one attached hydrogen (secondary N) is 1. The molecule has 0 bridgehead atoms. The highest BCUT2D eigenvalue weighted by atomic mass is 35.5. The van der Waals surface area contributed by atoms with Gasteiger partial charge in [-0.15, -0.1) is 0 Å². The minimum Gasteiger partial charge on any atom is -0.398 e. The minimum atomic E-state index is -0.699. The van der Waals surface area contributed by atoms with Crippen LogP contribution in [0, 0.1) is 17.7 Å². The zero-order valence-electron chi connectivity index (χ0n) is 17.4. The van der Waals surface area contributed by atoms with Gasteiger partial charge in [0.2, 0.25) is 0 Å². The predicted molar refractivity (Wildman–Crippen MR) is 120 cm³/mol. The Morgan fingerprint density at radius 2 is 1.90 bits per heavy atom. The highest BCUT2D eigenvalue weighted by Gasteiger charge is 2.23. The Bertz CT molecular complexity index is 913. The van der Waals surface area contributed by atoms with Crippen LogP contribution in [0.15, 0.2) is 24.4 Å². The first-order chi connectivity index (χ1) is 14.3. The van der Waals surface area contributed by atoms with Gasteiger partial charge in [0.25, 0.3) is 5.91 Å². The molecule has 1 amide bonds. The molecular weight excluding hydrogens is 405 g/mol. The largest absolute Gasteiger partial charge is 0.398 e. The van der Waals surface area contributed by atoms with Crippen LogP contribution in [-0.2, 0) is 0 Å². The van der Waals surface area contributed by atoms with Crippen LogP contribution in [0.3, 0.4) is 0 Å². The molecule has 0 unspecified atom stereocenters. The lowest BCUT2D eigenvalue weighted by molar-refractivity contribution is 0.0824. The number of halogens is 2. The van der Waals surface area contributed by atoms with Crippen molar-refractivity contribution in [1.82, 2.24) is 9.88 Å². The third kappa shape index (κ3) is 4.84. The van der Waals surface area contributed by atoms with Crippen LogP contribution in [-0.4, -0.2) is 43.0 Å². The monoisotopic (exact) mass is 433 g/mol. The molecule has 6 nitrogen and oxygen atoms in total. The van der Waals surface area contributed by atoms with E-state index in [9.17, 15) is 4.79 Å². The van der Waals surface area contributed by atoms with Gasteiger partial charge in [-0.05, 0) is 62.3 Å². The molecule has 1 aliphatic rings. The fourth-order valence-electron chi connectivity index (χ4n) is 3.89. The molecule has 1 fully saturated rings. The highest BCUT2D eigenvalue weighted by molar-refractivity contribution is 6.33. The molecule has 0 radical (unpaired) electrons. The molecule has 1 heterocycles. The smallest absolute Gasteiger partial charge is 0.258 e. The first kappa shape index (κ1) is 22.3. The second-order valence-corrected chi connectivity index (χ2v) is 8.55. The van der Waals surface area contributed by atoms with Crippen molar-refractivity contribution in [2.45, 2.75) is 25.7 Å². The van der Waals surface area contributed by atoms with E-state index in [0.29, 0.717) is 28.2 Å². The topological polar surface area (TPSA) is 97.3 Å². The first-order valence-corrected chi connectivity index (χ1v) is 10.6. The molecule has 1 saturated carbocycles. The van der Waals surface area contributed by atoms with Crippen molar-refractivity contribution < 1.29 is 9.18 Å². The van der Waals surface area contributed by atoms with Crippen molar-refractivity contribution in [2.24, 2.45) is 17.6 Å². The molecule has 30 heavy (non-hydrogen) atoms. The van der Waals surface area contributed by atoms with E-state index in [2.05, 4.69) is 10.3 Å². The van der Waals surface area contributed by atoms with Crippen molar-refractivity contribution in [1.29, 1.82) is 0 Å². The van der Waals surface area contributed by atoms with Gasteiger partial charge in [0.15, 0.2) is 0 Å². The van der Waals surface area contributed by atoms with Crippen molar-refractivity contribution >= 4 is 29.0 Å². The van der Waals surface area contributed by atoms with Crippen molar-refractivity contribution in [3.63, 3.8) is 0 Å². The maximum atomic E-state index is 15.1. The van der Waals surface area contributed by atoms with E-state index in [0.717, 1.165) is 25.9 Å². The number of hydrogen-bond donors (Lipinski definition) is 3. The van der Waals surface area contributed by atoms with E-state index in [1.807, 2.05) is 0 Å². The lowest BCUT2D eigenvalue weighted by Crippen LogP contribution is -2.25. The van der Waals surface area contributed by atoms with Gasteiger partial charge in [0.05, 0.1) is 10.6 Å². The summed E-state index contributed by atoms with van der Waals surface area (Å²) >= 11 is 6.44. The number of amides is 1. The van der Waals surface area contributed by atoms with Gasteiger partial charge in [-0.3, -0.25) is 4.79 Å². The number of pyridine rings is 1. The number of anilines is 2. The van der Waals surface area contributed by atoms with E-state index in [1.54, 1.807) is 20.2 Å². The molecule has 0 saturated heterocycles. The maximum Gasteiger partial charge on any atom is 0.258 e. The van der Waals surface area contributed by atoms with E-state index >= 15 is 4.39 Å². The number of aromatic nitrogens is 1. The second kappa shape index (κ2) is 9.62. The average Bonchev–Trinajstić information content (AvgIpc) is 2.73. The number of nitrogen functional groups attached to an aromatic ring is 1. The Labute approximate surface area is 181 Å². The molecule has 1 aromatic heterocycles. The van der Waals surface area contributed by atoms with Crippen LogP contribution in [0.2, 0.25) is 5.02 Å². The highest BCUT2D eigenvalue weighted by Crippen LogP contribution is 2.34. The molecular formula is C22H29ClFN5O. The molecule has 2 aromatic rings. The van der Waals surface area contributed by atoms with Crippen LogP contribution < -0.4 is 16.8 Å². The summed E-state index contributed by atoms with van der Waals surface area (Å²) in [7, 11) is 3.09. The molecule has 0 spiro atoms. The van der Waals surface area contributed by atoms with Gasteiger partial charge in [-0.25, -0.2) is 9.37 Å². The lowest BCUT2D eigenvalue weighted by atomic mass is 9.82. The normalized spacial score (nSPS) is 18.8. The van der Waals surface area contributed by atoms with Crippen molar-refractivity contribution in [3.8, 4) is 11.1 Å². The number of hydrogen-bond acceptors (Lipinski definition) is 5. The van der Waals surface area contributed by atoms with Crippen LogP contribution >= 0.6 is 11.6 Å². The number of nitrogens with two attached hydrogens (primary N) is 2. The summed E-state index contributed by atoms with van der Waals surface area (Å²) < 4.78 is 15.1. The van der Waals surface area contributed by atoms with Gasteiger partial charge in [-0.2, -0.15) is 0 Å². The first-order valence-electron chi connectivity index (χ1n) is 10.2. The van der Waals surface area contributed by atoms with E-state index in [1.165, 1.54) is 36.1 Å². The fraction of sp³-hybridized carbons (Fsp3) is 0.455. The Kier molecular flexibility index (Phi) is 7.15. The molecule has 1 aliphatic carbocycles. The SMILES string of the molecule is CN(C)C(=O)c1c(N)ccc(-c2cnc(NCC3CCC(CN)CC3)cc2Cl)c1F. The zero-order valence-corrected chi connectivity index (χ0v) is 18.2. The number of nitrogens with zero attached hydrogens (tertiary/aromatic N) is 2. The van der Waals surface area contributed by atoms with Gasteiger partial charge in [0.1, 0.15) is 11.6 Å². The van der Waals surface area contributed by atoms with E-state index < -0.39 is 11.7 Å². The molecule has 0 atom stereocenters. The quantitative estimate of drug-likeness (QED) is 0.598. The number of carbonyl (C=O) groups excluding carboxylic acids is 1. The van der Waals surface area contributed by atoms with Gasteiger partial charge in [-0.1, -0.05) is 11.6 Å². The van der Waals surface area contributed by atoms with E-state index in [4.69, 9.17) is 23.1 Å². The summed E-state index contributed by atoms with van der Waals surface area (Å²) in [6, 6.07) is 4.71. The third-order valence-electron chi connectivity index (χ3n) is 5.81. The van der Waals surface area contributed by atoms with Gasteiger partial charge < -0.3 is 21.7 Å². The summed E-state index contributed by atoms with van der Waals surface area (Å²) in [6.07, 6.45) is 6.16. The molecule has 8 heteroatoms. The summed E-state index contributed by atoms with van der Waals surface area (Å²) in [4.78, 5) is 18.0. The van der Waals surface area contributed by atoms with Gasteiger partial charge in [0, 0.05) is 43.7 Å². The average molecular weight is 434 g/mol. The van der Waals surface area contributed by atoms with E-state index in [-0.39, 0.29) is 16.8 Å².